The zero-order chi connectivity index (χ0) is 17.6. The van der Waals surface area contributed by atoms with Gasteiger partial charge in [0.1, 0.15) is 0 Å². The molecule has 1 aliphatic heterocycles. The van der Waals surface area contributed by atoms with Gasteiger partial charge in [0.05, 0.1) is 6.04 Å². The van der Waals surface area contributed by atoms with E-state index in [4.69, 9.17) is 0 Å². The second kappa shape index (κ2) is 8.10. The van der Waals surface area contributed by atoms with E-state index in [-0.39, 0.29) is 6.04 Å². The lowest BCUT2D eigenvalue weighted by atomic mass is 10.1. The van der Waals surface area contributed by atoms with E-state index in [9.17, 15) is 0 Å². The molecule has 134 valence electrons. The van der Waals surface area contributed by atoms with Crippen LogP contribution in [0.2, 0.25) is 0 Å². The highest BCUT2D eigenvalue weighted by atomic mass is 15.2. The van der Waals surface area contributed by atoms with Crippen molar-refractivity contribution in [2.45, 2.75) is 32.4 Å². The van der Waals surface area contributed by atoms with Gasteiger partial charge in [-0.25, -0.2) is 0 Å². The summed E-state index contributed by atoms with van der Waals surface area (Å²) >= 11 is 0. The third-order valence-electron chi connectivity index (χ3n) is 4.77. The molecule has 2 heterocycles. The van der Waals surface area contributed by atoms with Crippen LogP contribution in [0.25, 0.3) is 0 Å². The van der Waals surface area contributed by atoms with E-state index in [1.165, 1.54) is 42.7 Å². The van der Waals surface area contributed by atoms with Crippen molar-refractivity contribution in [1.29, 1.82) is 0 Å². The van der Waals surface area contributed by atoms with Crippen LogP contribution in [0.1, 0.15) is 36.9 Å². The maximum absolute atomic E-state index is 4.35. The summed E-state index contributed by atoms with van der Waals surface area (Å²) in [7, 11) is 3.85. The van der Waals surface area contributed by atoms with Crippen molar-refractivity contribution in [2.75, 3.05) is 25.0 Å². The van der Waals surface area contributed by atoms with E-state index >= 15 is 0 Å². The van der Waals surface area contributed by atoms with Crippen LogP contribution >= 0.6 is 0 Å². The number of rotatable bonds is 5. The van der Waals surface area contributed by atoms with Gasteiger partial charge in [-0.05, 0) is 49.1 Å². The number of aryl methyl sites for hydroxylation is 1. The van der Waals surface area contributed by atoms with Crippen molar-refractivity contribution in [2.24, 2.45) is 12.0 Å². The topological polar surface area (TPSA) is 44.6 Å². The first kappa shape index (κ1) is 17.4. The average molecular weight is 339 g/mol. The van der Waals surface area contributed by atoms with Crippen LogP contribution < -0.4 is 15.5 Å². The van der Waals surface area contributed by atoms with Gasteiger partial charge in [0.15, 0.2) is 5.96 Å². The Morgan fingerprint density at radius 3 is 2.72 bits per heavy atom. The Labute approximate surface area is 150 Å². The molecule has 2 aromatic rings. The molecule has 3 rings (SSSR count). The summed E-state index contributed by atoms with van der Waals surface area (Å²) in [5, 5.41) is 6.88. The van der Waals surface area contributed by atoms with Crippen molar-refractivity contribution in [1.82, 2.24) is 15.2 Å². The molecule has 1 aromatic heterocycles. The molecule has 25 heavy (non-hydrogen) atoms. The number of nitrogens with one attached hydrogen (secondary N) is 2. The molecule has 0 spiro atoms. The molecule has 5 nitrogen and oxygen atoms in total. The average Bonchev–Trinajstić information content (AvgIpc) is 3.30. The van der Waals surface area contributed by atoms with Gasteiger partial charge in [-0.2, -0.15) is 0 Å². The molecule has 1 saturated heterocycles. The Morgan fingerprint density at radius 2 is 2.04 bits per heavy atom. The SMILES string of the molecule is CN=C(NCc1ccn(C)c1)NC(C)c1cccc(N2CCCC2)c1. The minimum atomic E-state index is 0.199. The molecule has 2 N–H and O–H groups in total. The zero-order valence-corrected chi connectivity index (χ0v) is 15.5. The second-order valence-electron chi connectivity index (χ2n) is 6.77. The van der Waals surface area contributed by atoms with Gasteiger partial charge in [-0.1, -0.05) is 12.1 Å². The van der Waals surface area contributed by atoms with Gasteiger partial charge in [-0.15, -0.1) is 0 Å². The van der Waals surface area contributed by atoms with Crippen molar-refractivity contribution in [3.63, 3.8) is 0 Å². The van der Waals surface area contributed by atoms with Crippen molar-refractivity contribution in [3.8, 4) is 0 Å². The first-order chi connectivity index (χ1) is 12.2. The Morgan fingerprint density at radius 1 is 1.24 bits per heavy atom. The maximum Gasteiger partial charge on any atom is 0.191 e. The number of hydrogen-bond acceptors (Lipinski definition) is 2. The molecule has 1 fully saturated rings. The quantitative estimate of drug-likeness (QED) is 0.650. The van der Waals surface area contributed by atoms with Gasteiger partial charge >= 0.3 is 0 Å². The van der Waals surface area contributed by atoms with E-state index in [1.807, 2.05) is 14.1 Å². The summed E-state index contributed by atoms with van der Waals surface area (Å²) in [5.74, 6) is 0.822. The summed E-state index contributed by atoms with van der Waals surface area (Å²) in [6, 6.07) is 11.2. The van der Waals surface area contributed by atoms with Gasteiger partial charge in [0.25, 0.3) is 0 Å². The van der Waals surface area contributed by atoms with Crippen LogP contribution in [0.5, 0.6) is 0 Å². The number of guanidine groups is 1. The first-order valence-electron chi connectivity index (χ1n) is 9.08. The molecular weight excluding hydrogens is 310 g/mol. The first-order valence-corrected chi connectivity index (χ1v) is 9.08. The summed E-state index contributed by atoms with van der Waals surface area (Å²) in [4.78, 5) is 6.82. The molecule has 1 aromatic carbocycles. The minimum absolute atomic E-state index is 0.199. The lowest BCUT2D eigenvalue weighted by Gasteiger charge is -2.22. The van der Waals surface area contributed by atoms with Crippen LogP contribution in [-0.2, 0) is 13.6 Å². The van der Waals surface area contributed by atoms with E-state index in [0.29, 0.717) is 0 Å². The fourth-order valence-corrected chi connectivity index (χ4v) is 3.30. The third kappa shape index (κ3) is 4.56. The molecule has 1 aliphatic rings. The molecule has 0 amide bonds. The van der Waals surface area contributed by atoms with Gasteiger partial charge in [0.2, 0.25) is 0 Å². The highest BCUT2D eigenvalue weighted by Crippen LogP contribution is 2.23. The van der Waals surface area contributed by atoms with Crippen LogP contribution in [-0.4, -0.2) is 30.7 Å². The molecule has 0 saturated carbocycles. The normalized spacial score (nSPS) is 16.1. The smallest absolute Gasteiger partial charge is 0.191 e. The van der Waals surface area contributed by atoms with Crippen LogP contribution in [0.15, 0.2) is 47.7 Å². The van der Waals surface area contributed by atoms with E-state index in [0.717, 1.165) is 12.5 Å². The van der Waals surface area contributed by atoms with E-state index in [2.05, 4.69) is 74.7 Å². The van der Waals surface area contributed by atoms with Gasteiger partial charge < -0.3 is 20.1 Å². The fraction of sp³-hybridized carbons (Fsp3) is 0.450. The Bertz CT molecular complexity index is 712. The molecule has 1 atom stereocenters. The van der Waals surface area contributed by atoms with Crippen molar-refractivity contribution >= 4 is 11.6 Å². The molecule has 0 radical (unpaired) electrons. The molecule has 0 bridgehead atoms. The number of aromatic nitrogens is 1. The fourth-order valence-electron chi connectivity index (χ4n) is 3.30. The Kier molecular flexibility index (Phi) is 5.64. The largest absolute Gasteiger partial charge is 0.372 e. The lowest BCUT2D eigenvalue weighted by molar-refractivity contribution is 0.685. The predicted octanol–water partition coefficient (Wildman–Crippen LogP) is 3.05. The van der Waals surface area contributed by atoms with Gasteiger partial charge in [-0.3, -0.25) is 4.99 Å². The summed E-state index contributed by atoms with van der Waals surface area (Å²) in [5.41, 5.74) is 3.86. The zero-order valence-electron chi connectivity index (χ0n) is 15.5. The monoisotopic (exact) mass is 339 g/mol. The minimum Gasteiger partial charge on any atom is -0.372 e. The van der Waals surface area contributed by atoms with E-state index < -0.39 is 0 Å². The number of aliphatic imine (C=N–C) groups is 1. The second-order valence-corrected chi connectivity index (χ2v) is 6.77. The molecule has 5 heteroatoms. The highest BCUT2D eigenvalue weighted by Gasteiger charge is 2.14. The maximum atomic E-state index is 4.35. The van der Waals surface area contributed by atoms with Crippen LogP contribution in [0, 0.1) is 0 Å². The van der Waals surface area contributed by atoms with Crippen LogP contribution in [0.3, 0.4) is 0 Å². The number of anilines is 1. The number of nitrogens with zero attached hydrogens (tertiary/aromatic N) is 3. The van der Waals surface area contributed by atoms with Crippen LogP contribution in [0.4, 0.5) is 5.69 Å². The summed E-state index contributed by atoms with van der Waals surface area (Å²) < 4.78 is 2.06. The molecule has 1 unspecified atom stereocenters. The van der Waals surface area contributed by atoms with Gasteiger partial charge in [0, 0.05) is 51.8 Å². The summed E-state index contributed by atoms with van der Waals surface area (Å²) in [6.45, 7) is 5.29. The molecule has 0 aliphatic carbocycles. The lowest BCUT2D eigenvalue weighted by Crippen LogP contribution is -2.38. The van der Waals surface area contributed by atoms with E-state index in [1.54, 1.807) is 0 Å². The van der Waals surface area contributed by atoms with Crippen molar-refractivity contribution < 1.29 is 0 Å². The Balaban J connectivity index is 1.59. The number of benzene rings is 1. The standard InChI is InChI=1S/C20H29N5/c1-16(18-7-6-8-19(13-18)25-10-4-5-11-25)23-20(21-2)22-14-17-9-12-24(3)15-17/h6-9,12-13,15-16H,4-5,10-11,14H2,1-3H3,(H2,21,22,23). The number of hydrogen-bond donors (Lipinski definition) is 2. The third-order valence-corrected chi connectivity index (χ3v) is 4.77. The molecular formula is C20H29N5. The Hall–Kier alpha value is -2.43. The predicted molar refractivity (Wildman–Crippen MR) is 105 cm³/mol. The van der Waals surface area contributed by atoms with Crippen molar-refractivity contribution in [3.05, 3.63) is 53.9 Å². The summed E-state index contributed by atoms with van der Waals surface area (Å²) in [6.07, 6.45) is 6.77. The highest BCUT2D eigenvalue weighted by molar-refractivity contribution is 5.80.